The summed E-state index contributed by atoms with van der Waals surface area (Å²) in [5.74, 6) is 0.841. The highest BCUT2D eigenvalue weighted by Crippen LogP contribution is 2.32. The SMILES string of the molecule is C=C1CC(CCCCC)CC(OC)C1. The number of methoxy groups -OCH3 is 1. The van der Waals surface area contributed by atoms with E-state index < -0.39 is 0 Å². The molecule has 0 spiro atoms. The van der Waals surface area contributed by atoms with Gasteiger partial charge >= 0.3 is 0 Å². The molecule has 0 radical (unpaired) electrons. The first-order valence-electron chi connectivity index (χ1n) is 5.95. The van der Waals surface area contributed by atoms with Crippen molar-refractivity contribution in [1.82, 2.24) is 0 Å². The molecule has 0 aliphatic heterocycles. The van der Waals surface area contributed by atoms with E-state index in [9.17, 15) is 0 Å². The van der Waals surface area contributed by atoms with Crippen LogP contribution >= 0.6 is 0 Å². The first-order chi connectivity index (χ1) is 6.76. The molecule has 1 aliphatic rings. The van der Waals surface area contributed by atoms with Gasteiger partial charge in [-0.15, -0.1) is 0 Å². The van der Waals surface area contributed by atoms with Gasteiger partial charge in [-0.1, -0.05) is 44.8 Å². The van der Waals surface area contributed by atoms with Gasteiger partial charge in [0.15, 0.2) is 0 Å². The predicted octanol–water partition coefficient (Wildman–Crippen LogP) is 3.94. The maximum Gasteiger partial charge on any atom is 0.0611 e. The van der Waals surface area contributed by atoms with Crippen molar-refractivity contribution in [2.75, 3.05) is 7.11 Å². The van der Waals surface area contributed by atoms with Crippen molar-refractivity contribution in [3.05, 3.63) is 12.2 Å². The van der Waals surface area contributed by atoms with Gasteiger partial charge in [-0.3, -0.25) is 0 Å². The van der Waals surface area contributed by atoms with E-state index in [2.05, 4.69) is 13.5 Å². The molecule has 1 heteroatoms. The minimum atomic E-state index is 0.447. The standard InChI is InChI=1S/C13H24O/c1-4-5-6-7-12-8-11(2)9-13(10-12)14-3/h12-13H,2,4-10H2,1,3H3. The zero-order valence-electron chi connectivity index (χ0n) is 9.72. The van der Waals surface area contributed by atoms with Gasteiger partial charge in [-0.2, -0.15) is 0 Å². The van der Waals surface area contributed by atoms with Crippen molar-refractivity contribution in [3.63, 3.8) is 0 Å². The lowest BCUT2D eigenvalue weighted by atomic mass is 9.81. The summed E-state index contributed by atoms with van der Waals surface area (Å²) in [5.41, 5.74) is 1.39. The van der Waals surface area contributed by atoms with Gasteiger partial charge < -0.3 is 4.74 Å². The van der Waals surface area contributed by atoms with Crippen molar-refractivity contribution in [2.45, 2.75) is 58.0 Å². The van der Waals surface area contributed by atoms with E-state index in [0.717, 1.165) is 12.3 Å². The highest BCUT2D eigenvalue weighted by atomic mass is 16.5. The van der Waals surface area contributed by atoms with Crippen molar-refractivity contribution in [1.29, 1.82) is 0 Å². The number of hydrogen-bond donors (Lipinski definition) is 0. The van der Waals surface area contributed by atoms with Crippen LogP contribution in [0.3, 0.4) is 0 Å². The van der Waals surface area contributed by atoms with Gasteiger partial charge in [0.05, 0.1) is 6.10 Å². The Morgan fingerprint density at radius 1 is 1.36 bits per heavy atom. The van der Waals surface area contributed by atoms with Gasteiger partial charge in [-0.05, 0) is 25.2 Å². The summed E-state index contributed by atoms with van der Waals surface area (Å²) in [4.78, 5) is 0. The van der Waals surface area contributed by atoms with E-state index in [1.54, 1.807) is 0 Å². The normalized spacial score (nSPS) is 28.0. The molecule has 2 unspecified atom stereocenters. The second-order valence-electron chi connectivity index (χ2n) is 4.61. The summed E-state index contributed by atoms with van der Waals surface area (Å²) in [6.45, 7) is 6.37. The molecule has 1 nitrogen and oxygen atoms in total. The summed E-state index contributed by atoms with van der Waals surface area (Å²) >= 11 is 0. The molecule has 0 aromatic heterocycles. The molecule has 14 heavy (non-hydrogen) atoms. The monoisotopic (exact) mass is 196 g/mol. The topological polar surface area (TPSA) is 9.23 Å². The van der Waals surface area contributed by atoms with E-state index in [0.29, 0.717) is 6.10 Å². The van der Waals surface area contributed by atoms with Crippen LogP contribution in [0, 0.1) is 5.92 Å². The quantitative estimate of drug-likeness (QED) is 0.478. The molecular formula is C13H24O. The molecule has 0 aromatic rings. The van der Waals surface area contributed by atoms with Crippen LogP contribution in [0.1, 0.15) is 51.9 Å². The Labute approximate surface area is 88.5 Å². The Bertz CT molecular complexity index is 174. The van der Waals surface area contributed by atoms with E-state index in [1.807, 2.05) is 7.11 Å². The summed E-state index contributed by atoms with van der Waals surface area (Å²) in [6.07, 6.45) is 9.46. The average Bonchev–Trinajstić information content (AvgIpc) is 2.17. The molecule has 0 amide bonds. The third kappa shape index (κ3) is 3.83. The largest absolute Gasteiger partial charge is 0.381 e. The van der Waals surface area contributed by atoms with E-state index >= 15 is 0 Å². The predicted molar refractivity (Wildman–Crippen MR) is 61.4 cm³/mol. The summed E-state index contributed by atoms with van der Waals surface area (Å²) in [5, 5.41) is 0. The lowest BCUT2D eigenvalue weighted by Gasteiger charge is -2.29. The summed E-state index contributed by atoms with van der Waals surface area (Å²) in [6, 6.07) is 0. The fourth-order valence-electron chi connectivity index (χ4n) is 2.43. The molecule has 1 saturated carbocycles. The van der Waals surface area contributed by atoms with Crippen LogP contribution in [0.5, 0.6) is 0 Å². The van der Waals surface area contributed by atoms with Crippen molar-refractivity contribution in [2.24, 2.45) is 5.92 Å². The fraction of sp³-hybridized carbons (Fsp3) is 0.846. The molecule has 0 saturated heterocycles. The Hall–Kier alpha value is -0.300. The fourth-order valence-corrected chi connectivity index (χ4v) is 2.43. The molecular weight excluding hydrogens is 172 g/mol. The lowest BCUT2D eigenvalue weighted by Crippen LogP contribution is -2.22. The van der Waals surface area contributed by atoms with Crippen molar-refractivity contribution >= 4 is 0 Å². The first kappa shape index (κ1) is 11.8. The minimum absolute atomic E-state index is 0.447. The van der Waals surface area contributed by atoms with Gasteiger partial charge in [-0.25, -0.2) is 0 Å². The molecule has 2 atom stereocenters. The first-order valence-corrected chi connectivity index (χ1v) is 5.95. The summed E-state index contributed by atoms with van der Waals surface area (Å²) < 4.78 is 5.44. The zero-order chi connectivity index (χ0) is 10.4. The number of hydrogen-bond acceptors (Lipinski definition) is 1. The third-order valence-electron chi connectivity index (χ3n) is 3.24. The molecule has 0 bridgehead atoms. The van der Waals surface area contributed by atoms with Crippen molar-refractivity contribution in [3.8, 4) is 0 Å². The number of unbranched alkanes of at least 4 members (excludes halogenated alkanes) is 2. The molecule has 1 aliphatic carbocycles. The Morgan fingerprint density at radius 2 is 2.14 bits per heavy atom. The van der Waals surface area contributed by atoms with E-state index in [-0.39, 0.29) is 0 Å². The van der Waals surface area contributed by atoms with Crippen LogP contribution in [0.2, 0.25) is 0 Å². The van der Waals surface area contributed by atoms with Crippen molar-refractivity contribution < 1.29 is 4.74 Å². The number of ether oxygens (including phenoxy) is 1. The zero-order valence-corrected chi connectivity index (χ0v) is 9.72. The maximum atomic E-state index is 5.44. The highest BCUT2D eigenvalue weighted by molar-refractivity contribution is 5.02. The van der Waals surface area contributed by atoms with Crippen LogP contribution in [-0.2, 0) is 4.74 Å². The van der Waals surface area contributed by atoms with Crippen LogP contribution in [0.4, 0.5) is 0 Å². The van der Waals surface area contributed by atoms with E-state index in [1.165, 1.54) is 44.1 Å². The van der Waals surface area contributed by atoms with Gasteiger partial charge in [0.25, 0.3) is 0 Å². The van der Waals surface area contributed by atoms with Crippen LogP contribution in [0.25, 0.3) is 0 Å². The Kier molecular flexibility index (Phi) is 5.24. The second kappa shape index (κ2) is 6.23. The molecule has 82 valence electrons. The minimum Gasteiger partial charge on any atom is -0.381 e. The van der Waals surface area contributed by atoms with Gasteiger partial charge in [0.2, 0.25) is 0 Å². The van der Waals surface area contributed by atoms with Crippen LogP contribution < -0.4 is 0 Å². The summed E-state index contributed by atoms with van der Waals surface area (Å²) in [7, 11) is 1.83. The average molecular weight is 196 g/mol. The molecule has 0 aromatic carbocycles. The smallest absolute Gasteiger partial charge is 0.0611 e. The molecule has 1 fully saturated rings. The third-order valence-corrected chi connectivity index (χ3v) is 3.24. The molecule has 0 N–H and O–H groups in total. The lowest BCUT2D eigenvalue weighted by molar-refractivity contribution is 0.0652. The Morgan fingerprint density at radius 3 is 2.79 bits per heavy atom. The van der Waals surface area contributed by atoms with Crippen LogP contribution in [0.15, 0.2) is 12.2 Å². The Balaban J connectivity index is 2.26. The highest BCUT2D eigenvalue weighted by Gasteiger charge is 2.23. The molecule has 0 heterocycles. The van der Waals surface area contributed by atoms with Crippen LogP contribution in [-0.4, -0.2) is 13.2 Å². The van der Waals surface area contributed by atoms with E-state index in [4.69, 9.17) is 4.74 Å². The molecule has 1 rings (SSSR count). The number of rotatable bonds is 5. The second-order valence-corrected chi connectivity index (χ2v) is 4.61. The van der Waals surface area contributed by atoms with Gasteiger partial charge in [0, 0.05) is 7.11 Å². The van der Waals surface area contributed by atoms with Gasteiger partial charge in [0.1, 0.15) is 0 Å². The maximum absolute atomic E-state index is 5.44.